The van der Waals surface area contributed by atoms with Gasteiger partial charge in [-0.3, -0.25) is 24.0 Å². The standard InChI is InChI=1S/C43H72O16S/c1-7-8-9-10-11-12-13-14-15-16-17-18-19-20-21-22-24-60-25-23-50-42-41(56-33(6)48)39(55-32(5)47)37-34(57-42)26-49-28-52-40-38(54-31(4)46)36(53-30(3)45)35(27-51-29(2)44)58-43(40)59-37/h34-43H,7-28H2,1-6H3/t34-,35-,36+,37+,38+,39+,40-,41-,42-,43-/m1/s1. The van der Waals surface area contributed by atoms with Gasteiger partial charge in [0, 0.05) is 40.4 Å². The second kappa shape index (κ2) is 29.7. The van der Waals surface area contributed by atoms with Crippen molar-refractivity contribution in [3.05, 3.63) is 0 Å². The van der Waals surface area contributed by atoms with Crippen LogP contribution in [0.3, 0.4) is 0 Å². The van der Waals surface area contributed by atoms with E-state index in [1.165, 1.54) is 117 Å². The van der Waals surface area contributed by atoms with E-state index in [1.807, 2.05) is 0 Å². The number of esters is 5. The lowest BCUT2D eigenvalue weighted by Gasteiger charge is -2.48. The summed E-state index contributed by atoms with van der Waals surface area (Å²) in [4.78, 5) is 61.2. The van der Waals surface area contributed by atoms with Crippen LogP contribution in [0, 0.1) is 0 Å². The lowest BCUT2D eigenvalue weighted by molar-refractivity contribution is -0.357. The maximum absolute atomic E-state index is 12.6. The zero-order chi connectivity index (χ0) is 43.7. The van der Waals surface area contributed by atoms with E-state index in [0.717, 1.165) is 26.0 Å². The van der Waals surface area contributed by atoms with Crippen LogP contribution < -0.4 is 0 Å². The van der Waals surface area contributed by atoms with Crippen molar-refractivity contribution in [2.75, 3.05) is 38.1 Å². The first-order valence-electron chi connectivity index (χ1n) is 22.1. The van der Waals surface area contributed by atoms with Crippen LogP contribution in [0.5, 0.6) is 0 Å². The minimum absolute atomic E-state index is 0.148. The molecular weight excluding hydrogens is 805 g/mol. The van der Waals surface area contributed by atoms with Crippen LogP contribution >= 0.6 is 11.8 Å². The highest BCUT2D eigenvalue weighted by Gasteiger charge is 2.57. The molecule has 3 fully saturated rings. The van der Waals surface area contributed by atoms with Crippen LogP contribution in [0.25, 0.3) is 0 Å². The highest BCUT2D eigenvalue weighted by Crippen LogP contribution is 2.36. The number of ether oxygens (including phenoxy) is 11. The summed E-state index contributed by atoms with van der Waals surface area (Å²) >= 11 is 1.76. The zero-order valence-corrected chi connectivity index (χ0v) is 37.6. The van der Waals surface area contributed by atoms with Crippen molar-refractivity contribution in [1.29, 1.82) is 0 Å². The molecule has 60 heavy (non-hydrogen) atoms. The van der Waals surface area contributed by atoms with Crippen molar-refractivity contribution in [3.63, 3.8) is 0 Å². The average molecular weight is 877 g/mol. The predicted molar refractivity (Wildman–Crippen MR) is 220 cm³/mol. The lowest BCUT2D eigenvalue weighted by Crippen LogP contribution is -2.66. The third-order valence-electron chi connectivity index (χ3n) is 10.4. The fourth-order valence-corrected chi connectivity index (χ4v) is 8.46. The Morgan fingerprint density at radius 2 is 1.05 bits per heavy atom. The Morgan fingerprint density at radius 1 is 0.550 bits per heavy atom. The number of unbranched alkanes of at least 4 members (excludes halogenated alkanes) is 15. The maximum atomic E-state index is 12.6. The molecule has 16 nitrogen and oxygen atoms in total. The van der Waals surface area contributed by atoms with Crippen molar-refractivity contribution in [2.24, 2.45) is 0 Å². The molecule has 3 saturated heterocycles. The molecule has 0 amide bonds. The van der Waals surface area contributed by atoms with Crippen LogP contribution in [-0.4, -0.2) is 129 Å². The van der Waals surface area contributed by atoms with E-state index in [9.17, 15) is 24.0 Å². The van der Waals surface area contributed by atoms with Crippen molar-refractivity contribution in [1.82, 2.24) is 0 Å². The van der Waals surface area contributed by atoms with Gasteiger partial charge in [-0.15, -0.1) is 0 Å². The molecule has 3 rings (SSSR count). The lowest BCUT2D eigenvalue weighted by atomic mass is 9.96. The second-order valence-electron chi connectivity index (χ2n) is 15.7. The minimum atomic E-state index is -1.42. The molecule has 3 heterocycles. The summed E-state index contributed by atoms with van der Waals surface area (Å²) in [5.74, 6) is -1.85. The Balaban J connectivity index is 1.55. The second-order valence-corrected chi connectivity index (χ2v) is 16.9. The molecule has 0 bridgehead atoms. The van der Waals surface area contributed by atoms with E-state index >= 15 is 0 Å². The van der Waals surface area contributed by atoms with Gasteiger partial charge in [-0.05, 0) is 12.2 Å². The number of thioether (sulfide) groups is 1. The highest BCUT2D eigenvalue weighted by atomic mass is 32.2. The van der Waals surface area contributed by atoms with Gasteiger partial charge in [-0.2, -0.15) is 11.8 Å². The molecular formula is C43H72O16S. The van der Waals surface area contributed by atoms with Crippen LogP contribution in [0.1, 0.15) is 144 Å². The minimum Gasteiger partial charge on any atom is -0.463 e. The smallest absolute Gasteiger partial charge is 0.303 e. The van der Waals surface area contributed by atoms with Crippen molar-refractivity contribution >= 4 is 41.6 Å². The highest BCUT2D eigenvalue weighted by molar-refractivity contribution is 7.99. The fourth-order valence-electron chi connectivity index (χ4n) is 7.63. The Bertz CT molecular complexity index is 1270. The molecule has 3 aliphatic rings. The van der Waals surface area contributed by atoms with Gasteiger partial charge in [-0.1, -0.05) is 103 Å². The molecule has 0 spiro atoms. The van der Waals surface area contributed by atoms with Gasteiger partial charge in [-0.25, -0.2) is 0 Å². The molecule has 0 unspecified atom stereocenters. The summed E-state index contributed by atoms with van der Waals surface area (Å²) in [6.07, 6.45) is 8.77. The summed E-state index contributed by atoms with van der Waals surface area (Å²) in [7, 11) is 0. The Kier molecular flexibility index (Phi) is 25.6. The normalized spacial score (nSPS) is 27.8. The number of rotatable bonds is 27. The fraction of sp³-hybridized carbons (Fsp3) is 0.884. The molecule has 3 aliphatic heterocycles. The molecule has 0 N–H and O–H groups in total. The first-order valence-corrected chi connectivity index (χ1v) is 23.2. The molecule has 0 aromatic carbocycles. The quantitative estimate of drug-likeness (QED) is 0.0494. The first-order chi connectivity index (χ1) is 28.9. The molecule has 346 valence electrons. The number of carbonyl (C=O) groups excluding carboxylic acids is 5. The Morgan fingerprint density at radius 3 is 1.58 bits per heavy atom. The zero-order valence-electron chi connectivity index (χ0n) is 36.8. The Labute approximate surface area is 360 Å². The summed E-state index contributed by atoms with van der Waals surface area (Å²) in [5, 5.41) is 0. The summed E-state index contributed by atoms with van der Waals surface area (Å²) in [6.45, 7) is 7.52. The molecule has 0 aromatic heterocycles. The summed E-state index contributed by atoms with van der Waals surface area (Å²) in [5.41, 5.74) is 0. The van der Waals surface area contributed by atoms with E-state index in [1.54, 1.807) is 11.8 Å². The van der Waals surface area contributed by atoms with Gasteiger partial charge < -0.3 is 52.1 Å². The van der Waals surface area contributed by atoms with E-state index in [0.29, 0.717) is 5.75 Å². The van der Waals surface area contributed by atoms with Crippen molar-refractivity contribution in [2.45, 2.75) is 206 Å². The number of fused-ring (bicyclic) bond motifs is 2. The third kappa shape index (κ3) is 19.7. The maximum Gasteiger partial charge on any atom is 0.303 e. The van der Waals surface area contributed by atoms with Crippen LogP contribution in [0.2, 0.25) is 0 Å². The summed E-state index contributed by atoms with van der Waals surface area (Å²) < 4.78 is 64.6. The number of carbonyl (C=O) groups is 5. The first kappa shape index (κ1) is 51.8. The summed E-state index contributed by atoms with van der Waals surface area (Å²) in [6, 6.07) is 0. The Hall–Kier alpha value is -2.54. The molecule has 17 heteroatoms. The van der Waals surface area contributed by atoms with Gasteiger partial charge in [0.1, 0.15) is 31.7 Å². The number of hydrogen-bond donors (Lipinski definition) is 0. The molecule has 0 saturated carbocycles. The molecule has 0 radical (unpaired) electrons. The topological polar surface area (TPSA) is 187 Å². The SMILES string of the molecule is CCCCCCCCCCCCCCCCCCSCCO[C@@H]1O[C@@H]2COCO[C@H]3[C@@H](O[C@@H]2[C@H](OC(C)=O)[C@H]1OC(C)=O)O[C@H](COC(C)=O)[C@H](OC(C)=O)[C@@H]3OC(C)=O. The van der Waals surface area contributed by atoms with Gasteiger partial charge in [0.2, 0.25) is 0 Å². The predicted octanol–water partition coefficient (Wildman–Crippen LogP) is 6.50. The monoisotopic (exact) mass is 876 g/mol. The van der Waals surface area contributed by atoms with E-state index in [2.05, 4.69) is 6.92 Å². The van der Waals surface area contributed by atoms with E-state index in [-0.39, 0.29) is 20.0 Å². The van der Waals surface area contributed by atoms with Crippen molar-refractivity contribution < 1.29 is 76.1 Å². The van der Waals surface area contributed by atoms with Gasteiger partial charge in [0.25, 0.3) is 0 Å². The average Bonchev–Trinajstić information content (AvgIpc) is 3.26. The molecule has 0 aliphatic carbocycles. The van der Waals surface area contributed by atoms with Gasteiger partial charge in [0.05, 0.1) is 13.2 Å². The van der Waals surface area contributed by atoms with E-state index in [4.69, 9.17) is 52.1 Å². The molecule has 10 atom stereocenters. The van der Waals surface area contributed by atoms with Crippen LogP contribution in [0.4, 0.5) is 0 Å². The van der Waals surface area contributed by atoms with E-state index < -0.39 is 97.9 Å². The largest absolute Gasteiger partial charge is 0.463 e. The van der Waals surface area contributed by atoms with Crippen molar-refractivity contribution in [3.8, 4) is 0 Å². The third-order valence-corrected chi connectivity index (χ3v) is 11.4. The molecule has 0 aromatic rings. The number of hydrogen-bond acceptors (Lipinski definition) is 17. The van der Waals surface area contributed by atoms with Gasteiger partial charge in [0.15, 0.2) is 43.1 Å². The van der Waals surface area contributed by atoms with Gasteiger partial charge >= 0.3 is 29.8 Å². The van der Waals surface area contributed by atoms with Crippen LogP contribution in [-0.2, 0) is 76.1 Å². The van der Waals surface area contributed by atoms with Crippen LogP contribution in [0.15, 0.2) is 0 Å².